The second-order valence-electron chi connectivity index (χ2n) is 3.32. The van der Waals surface area contributed by atoms with E-state index in [0.717, 1.165) is 0 Å². The van der Waals surface area contributed by atoms with Crippen LogP contribution in [0.2, 0.25) is 0 Å². The first-order valence-corrected chi connectivity index (χ1v) is 4.81. The van der Waals surface area contributed by atoms with E-state index < -0.39 is 24.5 Å². The number of carbonyl (C=O) groups excluding carboxylic acids is 3. The lowest BCUT2D eigenvalue weighted by atomic mass is 10.2. The van der Waals surface area contributed by atoms with Crippen molar-refractivity contribution in [3.63, 3.8) is 0 Å². The van der Waals surface area contributed by atoms with E-state index in [1.54, 1.807) is 5.32 Å². The molecule has 0 saturated carbocycles. The first kappa shape index (κ1) is 13.3. The highest BCUT2D eigenvalue weighted by Gasteiger charge is 2.12. The summed E-state index contributed by atoms with van der Waals surface area (Å²) < 4.78 is 5.04. The molecule has 0 saturated heterocycles. The minimum Gasteiger partial charge on any atom is -0.483 e. The lowest BCUT2D eigenvalue weighted by Gasteiger charge is -2.09. The molecule has 0 spiro atoms. The molecule has 0 atom stereocenters. The van der Waals surface area contributed by atoms with Crippen molar-refractivity contribution in [1.29, 1.82) is 0 Å². The minimum absolute atomic E-state index is 0.0575. The molecule has 8 nitrogen and oxygen atoms in total. The van der Waals surface area contributed by atoms with Crippen LogP contribution in [-0.4, -0.2) is 24.5 Å². The molecule has 0 unspecified atom stereocenters. The van der Waals surface area contributed by atoms with Crippen LogP contribution in [0.3, 0.4) is 0 Å². The van der Waals surface area contributed by atoms with Crippen LogP contribution in [0.4, 0.5) is 10.5 Å². The first-order valence-electron chi connectivity index (χ1n) is 4.81. The molecule has 0 aromatic heterocycles. The predicted molar refractivity (Wildman–Crippen MR) is 62.6 cm³/mol. The average Bonchev–Trinajstić information content (AvgIpc) is 2.25. The van der Waals surface area contributed by atoms with Crippen LogP contribution in [0, 0.1) is 0 Å². The zero-order chi connectivity index (χ0) is 13.7. The molecule has 0 fully saturated rings. The third kappa shape index (κ3) is 3.67. The first-order chi connectivity index (χ1) is 8.40. The molecule has 18 heavy (non-hydrogen) atoms. The fourth-order valence-corrected chi connectivity index (χ4v) is 1.18. The Bertz CT molecular complexity index is 501. The number of hydrogen-bond donors (Lipinski definition) is 4. The van der Waals surface area contributed by atoms with Gasteiger partial charge in [0.25, 0.3) is 11.8 Å². The van der Waals surface area contributed by atoms with Crippen molar-refractivity contribution in [1.82, 2.24) is 5.32 Å². The lowest BCUT2D eigenvalue weighted by molar-refractivity contribution is -0.121. The van der Waals surface area contributed by atoms with E-state index in [0.29, 0.717) is 5.69 Å². The van der Waals surface area contributed by atoms with Gasteiger partial charge in [-0.15, -0.1) is 0 Å². The van der Waals surface area contributed by atoms with Crippen LogP contribution in [0.25, 0.3) is 0 Å². The molecule has 0 heterocycles. The number of ether oxygens (including phenoxy) is 1. The van der Waals surface area contributed by atoms with Gasteiger partial charge >= 0.3 is 6.03 Å². The summed E-state index contributed by atoms with van der Waals surface area (Å²) in [6.07, 6.45) is 0. The third-order valence-corrected chi connectivity index (χ3v) is 1.89. The highest BCUT2D eigenvalue weighted by molar-refractivity contribution is 5.97. The summed E-state index contributed by atoms with van der Waals surface area (Å²) in [5, 5.41) is 1.80. The number of benzene rings is 1. The van der Waals surface area contributed by atoms with Gasteiger partial charge in [0.2, 0.25) is 0 Å². The van der Waals surface area contributed by atoms with Crippen molar-refractivity contribution in [2.45, 2.75) is 0 Å². The number of amides is 4. The van der Waals surface area contributed by atoms with Crippen LogP contribution in [0.5, 0.6) is 5.75 Å². The summed E-state index contributed by atoms with van der Waals surface area (Å²) in [7, 11) is 0. The lowest BCUT2D eigenvalue weighted by Crippen LogP contribution is -2.38. The maximum atomic E-state index is 11.1. The molecule has 8 heteroatoms. The Labute approximate surface area is 102 Å². The number of rotatable bonds is 4. The predicted octanol–water partition coefficient (Wildman–Crippen LogP) is -1.06. The fourth-order valence-electron chi connectivity index (χ4n) is 1.18. The average molecular weight is 252 g/mol. The molecular formula is C10H12N4O4. The van der Waals surface area contributed by atoms with Gasteiger partial charge in [-0.3, -0.25) is 14.9 Å². The molecule has 0 aliphatic heterocycles. The van der Waals surface area contributed by atoms with E-state index in [9.17, 15) is 14.4 Å². The summed E-state index contributed by atoms with van der Waals surface area (Å²) in [4.78, 5) is 32.6. The monoisotopic (exact) mass is 252 g/mol. The number of nitrogens with one attached hydrogen (secondary N) is 1. The Hall–Kier alpha value is -2.77. The van der Waals surface area contributed by atoms with Crippen LogP contribution in [-0.2, 0) is 4.79 Å². The van der Waals surface area contributed by atoms with Crippen LogP contribution in [0.15, 0.2) is 18.2 Å². The standard InChI is InChI=1S/C10H12N4O4/c11-5-1-2-6(9(12)16)7(3-5)18-4-8(15)14-10(13)17/h1-3H,4,11H2,(H2,12,16)(H3,13,14,15,17). The molecule has 0 radical (unpaired) electrons. The van der Waals surface area contributed by atoms with E-state index in [1.165, 1.54) is 18.2 Å². The van der Waals surface area contributed by atoms with Crippen molar-refractivity contribution in [3.8, 4) is 5.75 Å². The largest absolute Gasteiger partial charge is 0.483 e. The molecule has 0 bridgehead atoms. The van der Waals surface area contributed by atoms with Crippen LogP contribution in [0.1, 0.15) is 10.4 Å². The number of anilines is 1. The quantitative estimate of drug-likeness (QED) is 0.503. The molecule has 96 valence electrons. The molecule has 1 rings (SSSR count). The van der Waals surface area contributed by atoms with Gasteiger partial charge in [-0.2, -0.15) is 0 Å². The normalized spacial score (nSPS) is 9.56. The van der Waals surface area contributed by atoms with Gasteiger partial charge in [-0.1, -0.05) is 0 Å². The summed E-state index contributed by atoms with van der Waals surface area (Å²) in [5.74, 6) is -1.41. The zero-order valence-corrected chi connectivity index (χ0v) is 9.30. The Balaban J connectivity index is 2.77. The highest BCUT2D eigenvalue weighted by atomic mass is 16.5. The minimum atomic E-state index is -0.994. The van der Waals surface area contributed by atoms with Crippen molar-refractivity contribution < 1.29 is 19.1 Å². The highest BCUT2D eigenvalue weighted by Crippen LogP contribution is 2.21. The number of nitrogens with two attached hydrogens (primary N) is 3. The van der Waals surface area contributed by atoms with E-state index >= 15 is 0 Å². The molecule has 1 aromatic rings. The Kier molecular flexibility index (Phi) is 4.08. The van der Waals surface area contributed by atoms with Crippen LogP contribution >= 0.6 is 0 Å². The number of carbonyl (C=O) groups is 3. The van der Waals surface area contributed by atoms with E-state index in [-0.39, 0.29) is 11.3 Å². The van der Waals surface area contributed by atoms with E-state index in [4.69, 9.17) is 21.9 Å². The van der Waals surface area contributed by atoms with Gasteiger partial charge in [0, 0.05) is 11.8 Å². The zero-order valence-electron chi connectivity index (χ0n) is 9.30. The van der Waals surface area contributed by atoms with Crippen molar-refractivity contribution >= 4 is 23.5 Å². The molecule has 4 amide bonds. The molecular weight excluding hydrogens is 240 g/mol. The topological polar surface area (TPSA) is 151 Å². The number of urea groups is 1. The van der Waals surface area contributed by atoms with Gasteiger partial charge in [0.15, 0.2) is 6.61 Å². The van der Waals surface area contributed by atoms with Gasteiger partial charge in [-0.25, -0.2) is 4.79 Å². The van der Waals surface area contributed by atoms with E-state index in [1.807, 2.05) is 0 Å². The van der Waals surface area contributed by atoms with Gasteiger partial charge in [0.05, 0.1) is 5.56 Å². The Morgan fingerprint density at radius 1 is 1.22 bits per heavy atom. The van der Waals surface area contributed by atoms with Crippen molar-refractivity contribution in [2.24, 2.45) is 11.5 Å². The van der Waals surface area contributed by atoms with Gasteiger partial charge in [0.1, 0.15) is 5.75 Å². The summed E-state index contributed by atoms with van der Waals surface area (Å²) in [5.41, 5.74) is 15.8. The van der Waals surface area contributed by atoms with Crippen LogP contribution < -0.4 is 27.3 Å². The Morgan fingerprint density at radius 2 is 1.89 bits per heavy atom. The fraction of sp³-hybridized carbons (Fsp3) is 0.100. The van der Waals surface area contributed by atoms with E-state index in [2.05, 4.69) is 0 Å². The number of nitrogen functional groups attached to an aromatic ring is 1. The number of hydrogen-bond acceptors (Lipinski definition) is 5. The second kappa shape index (κ2) is 5.53. The second-order valence-corrected chi connectivity index (χ2v) is 3.32. The number of primary amides is 2. The third-order valence-electron chi connectivity index (χ3n) is 1.89. The summed E-state index contributed by atoms with van der Waals surface area (Å²) in [6.45, 7) is -0.493. The van der Waals surface area contributed by atoms with Gasteiger partial charge in [-0.05, 0) is 12.1 Å². The summed E-state index contributed by atoms with van der Waals surface area (Å²) in [6, 6.07) is 3.19. The Morgan fingerprint density at radius 3 is 2.44 bits per heavy atom. The van der Waals surface area contributed by atoms with Crippen molar-refractivity contribution in [2.75, 3.05) is 12.3 Å². The smallest absolute Gasteiger partial charge is 0.318 e. The van der Waals surface area contributed by atoms with Gasteiger partial charge < -0.3 is 21.9 Å². The molecule has 7 N–H and O–H groups in total. The molecule has 1 aromatic carbocycles. The molecule has 0 aliphatic rings. The number of imide groups is 1. The molecule has 0 aliphatic carbocycles. The maximum absolute atomic E-state index is 11.1. The summed E-state index contributed by atoms with van der Waals surface area (Å²) >= 11 is 0. The SMILES string of the molecule is NC(=O)NC(=O)COc1cc(N)ccc1C(N)=O. The van der Waals surface area contributed by atoms with Crippen molar-refractivity contribution in [3.05, 3.63) is 23.8 Å². The maximum Gasteiger partial charge on any atom is 0.318 e.